The molecule has 2 amide bonds. The molecule has 0 saturated heterocycles. The van der Waals surface area contributed by atoms with Crippen molar-refractivity contribution in [2.75, 3.05) is 16.4 Å². The van der Waals surface area contributed by atoms with Gasteiger partial charge in [0.1, 0.15) is 11.2 Å². The summed E-state index contributed by atoms with van der Waals surface area (Å²) in [6.45, 7) is 2.55. The van der Waals surface area contributed by atoms with Gasteiger partial charge in [-0.25, -0.2) is 0 Å². The van der Waals surface area contributed by atoms with Crippen LogP contribution in [0.5, 0.6) is 0 Å². The molecule has 0 aliphatic carbocycles. The molecule has 174 valence electrons. The van der Waals surface area contributed by atoms with Crippen molar-refractivity contribution in [2.45, 2.75) is 30.5 Å². The van der Waals surface area contributed by atoms with E-state index in [9.17, 15) is 38.0 Å². The maximum atomic E-state index is 13.1. The van der Waals surface area contributed by atoms with Gasteiger partial charge in [0.05, 0.1) is 4.92 Å². The molecule has 0 spiro atoms. The van der Waals surface area contributed by atoms with E-state index in [2.05, 4.69) is 10.6 Å². The number of thioether (sulfide) groups is 1. The molecular weight excluding hydrogens is 471 g/mol. The number of nitro groups is 1. The minimum atomic E-state index is -5.00. The van der Waals surface area contributed by atoms with Crippen LogP contribution in [0.4, 0.5) is 30.2 Å². The van der Waals surface area contributed by atoms with Crippen LogP contribution in [-0.2, 0) is 15.8 Å². The van der Waals surface area contributed by atoms with E-state index in [0.717, 1.165) is 17.8 Å². The lowest BCUT2D eigenvalue weighted by molar-refractivity contribution is -0.388. The van der Waals surface area contributed by atoms with E-state index in [4.69, 9.17) is 0 Å². The topological polar surface area (TPSA) is 122 Å². The number of nitrogens with one attached hydrogen (secondary N) is 2. The van der Waals surface area contributed by atoms with E-state index < -0.39 is 33.9 Å². The number of nitro benzene ring substituents is 1. The van der Waals surface area contributed by atoms with Crippen LogP contribution in [0.1, 0.15) is 19.4 Å². The molecule has 0 aromatic heterocycles. The lowest BCUT2D eigenvalue weighted by Crippen LogP contribution is -2.42. The van der Waals surface area contributed by atoms with Crippen LogP contribution >= 0.6 is 25.3 Å². The molecule has 2 aromatic carbocycles. The molecule has 0 bridgehead atoms. The van der Waals surface area contributed by atoms with Crippen molar-refractivity contribution in [3.8, 4) is 0 Å². The second kappa shape index (κ2) is 10.7. The van der Waals surface area contributed by atoms with Crippen molar-refractivity contribution in [2.24, 2.45) is 0 Å². The number of hydrogen-bond acceptors (Lipinski definition) is 6. The number of halogens is 3. The number of aliphatic hydroxyl groups is 1. The number of hydrogen-bond donors (Lipinski definition) is 3. The quantitative estimate of drug-likeness (QED) is 0.304. The summed E-state index contributed by atoms with van der Waals surface area (Å²) >= 11 is 1.11. The Bertz CT molecular complexity index is 999. The molecule has 0 heterocycles. The fourth-order valence-corrected chi connectivity index (χ4v) is 3.30. The van der Waals surface area contributed by atoms with Gasteiger partial charge in [-0.05, 0) is 43.3 Å². The zero-order valence-electron chi connectivity index (χ0n) is 16.8. The lowest BCUT2D eigenvalue weighted by Gasteiger charge is -2.22. The summed E-state index contributed by atoms with van der Waals surface area (Å²) in [6.07, 6.45) is -5.00. The highest BCUT2D eigenvalue weighted by atomic mass is 32.2. The van der Waals surface area contributed by atoms with Crippen LogP contribution in [-0.4, -0.2) is 33.2 Å². The average molecular weight is 492 g/mol. The third-order valence-electron chi connectivity index (χ3n) is 3.94. The largest absolute Gasteiger partial charge is 0.423 e. The van der Waals surface area contributed by atoms with E-state index >= 15 is 0 Å². The van der Waals surface area contributed by atoms with Crippen molar-refractivity contribution >= 4 is 54.1 Å². The van der Waals surface area contributed by atoms with Gasteiger partial charge in [-0.15, -0.1) is 11.8 Å². The van der Waals surface area contributed by atoms with Gasteiger partial charge in [0.15, 0.2) is 0 Å². The molecule has 13 heteroatoms. The van der Waals surface area contributed by atoms with Crippen LogP contribution in [0.25, 0.3) is 0 Å². The first-order chi connectivity index (χ1) is 14.3. The number of anilines is 2. The molecule has 1 atom stereocenters. The number of rotatable bonds is 7. The van der Waals surface area contributed by atoms with Crippen LogP contribution in [0.3, 0.4) is 0 Å². The van der Waals surface area contributed by atoms with Gasteiger partial charge in [0.25, 0.3) is 11.6 Å². The predicted molar refractivity (Wildman–Crippen MR) is 119 cm³/mol. The lowest BCUT2D eigenvalue weighted by atomic mass is 10.1. The normalized spacial score (nSPS) is 12.8. The fraction of sp³-hybridized carbons (Fsp3) is 0.263. The molecule has 0 fully saturated rings. The maximum absolute atomic E-state index is 13.1. The minimum absolute atomic E-state index is 0. The number of carbonyl (C=O) groups excluding carboxylic acids is 2. The third-order valence-corrected chi connectivity index (χ3v) is 5.25. The second-order valence-electron chi connectivity index (χ2n) is 6.71. The number of benzene rings is 2. The molecule has 0 saturated carbocycles. The summed E-state index contributed by atoms with van der Waals surface area (Å²) < 4.78 is 39.2. The molecule has 0 aliphatic heterocycles. The highest BCUT2D eigenvalue weighted by molar-refractivity contribution is 7.99. The van der Waals surface area contributed by atoms with Gasteiger partial charge in [0.2, 0.25) is 5.91 Å². The van der Waals surface area contributed by atoms with Crippen molar-refractivity contribution < 1.29 is 32.8 Å². The Morgan fingerprint density at radius 3 is 2.16 bits per heavy atom. The summed E-state index contributed by atoms with van der Waals surface area (Å²) in [7, 11) is 0. The van der Waals surface area contributed by atoms with E-state index in [1.807, 2.05) is 0 Å². The predicted octanol–water partition coefficient (Wildman–Crippen LogP) is 4.17. The van der Waals surface area contributed by atoms with Crippen LogP contribution in [0, 0.1) is 10.1 Å². The van der Waals surface area contributed by atoms with E-state index in [1.165, 1.54) is 13.8 Å². The van der Waals surface area contributed by atoms with E-state index in [-0.39, 0.29) is 30.8 Å². The SMILES string of the molecule is CC(=O)Nc1ccc(SC[C@@](C)(O)C(=O)Nc2ccc([N+](=O)[O-])c(C(F)(F)F)c2)cc1.S. The summed E-state index contributed by atoms with van der Waals surface area (Å²) in [5.74, 6) is -1.34. The van der Waals surface area contributed by atoms with Crippen molar-refractivity contribution in [3.05, 3.63) is 58.1 Å². The van der Waals surface area contributed by atoms with Gasteiger partial charge >= 0.3 is 6.18 Å². The number of alkyl halides is 3. The second-order valence-corrected chi connectivity index (χ2v) is 7.76. The van der Waals surface area contributed by atoms with E-state index in [1.54, 1.807) is 24.3 Å². The summed E-state index contributed by atoms with van der Waals surface area (Å²) in [6, 6.07) is 8.63. The highest BCUT2D eigenvalue weighted by Gasteiger charge is 2.39. The Morgan fingerprint density at radius 2 is 1.66 bits per heavy atom. The summed E-state index contributed by atoms with van der Waals surface area (Å²) in [4.78, 5) is 33.7. The molecule has 2 aromatic rings. The Hall–Kier alpha value is -2.77. The van der Waals surface area contributed by atoms with Gasteiger partial charge in [-0.2, -0.15) is 26.7 Å². The summed E-state index contributed by atoms with van der Waals surface area (Å²) in [5.41, 5.74) is -4.38. The molecular formula is C19H20F3N3O5S2. The van der Waals surface area contributed by atoms with Crippen molar-refractivity contribution in [1.82, 2.24) is 0 Å². The fourth-order valence-electron chi connectivity index (χ4n) is 2.39. The average Bonchev–Trinajstić information content (AvgIpc) is 2.66. The molecule has 8 nitrogen and oxygen atoms in total. The minimum Gasteiger partial charge on any atom is -0.379 e. The zero-order chi connectivity index (χ0) is 23.4. The van der Waals surface area contributed by atoms with Gasteiger partial charge in [-0.1, -0.05) is 0 Å². The van der Waals surface area contributed by atoms with Crippen LogP contribution in [0.15, 0.2) is 47.4 Å². The molecule has 0 radical (unpaired) electrons. The smallest absolute Gasteiger partial charge is 0.379 e. The molecule has 0 aliphatic rings. The van der Waals surface area contributed by atoms with Gasteiger partial charge in [0, 0.05) is 35.0 Å². The first-order valence-corrected chi connectivity index (χ1v) is 9.68. The Labute approximate surface area is 192 Å². The van der Waals surface area contributed by atoms with Crippen LogP contribution < -0.4 is 10.6 Å². The number of carbonyl (C=O) groups is 2. The number of amides is 2. The van der Waals surface area contributed by atoms with E-state index in [0.29, 0.717) is 22.7 Å². The van der Waals surface area contributed by atoms with Crippen LogP contribution in [0.2, 0.25) is 0 Å². The van der Waals surface area contributed by atoms with Gasteiger partial charge < -0.3 is 15.7 Å². The first kappa shape index (κ1) is 27.3. The third kappa shape index (κ3) is 7.43. The first-order valence-electron chi connectivity index (χ1n) is 8.69. The summed E-state index contributed by atoms with van der Waals surface area (Å²) in [5, 5.41) is 26.0. The van der Waals surface area contributed by atoms with Gasteiger partial charge in [-0.3, -0.25) is 19.7 Å². The number of nitrogens with zero attached hydrogens (tertiary/aromatic N) is 1. The zero-order valence-corrected chi connectivity index (χ0v) is 18.6. The highest BCUT2D eigenvalue weighted by Crippen LogP contribution is 2.37. The molecule has 3 N–H and O–H groups in total. The Kier molecular flexibility index (Phi) is 9.12. The standard InChI is InChI=1S/C19H18F3N3O5S.H2S/c1-11(26)23-12-3-6-14(7-4-12)31-10-18(2,28)17(27)24-13-5-8-16(25(29)30)15(9-13)19(20,21)22;/h3-9,28H,10H2,1-2H3,(H,23,26)(H,24,27);1H2/t18-;/m1./s1. The Balaban J connectivity index is 0.00000512. The molecule has 32 heavy (non-hydrogen) atoms. The molecule has 0 unspecified atom stereocenters. The van der Waals surface area contributed by atoms with Crippen molar-refractivity contribution in [3.63, 3.8) is 0 Å². The monoisotopic (exact) mass is 491 g/mol. The molecule has 2 rings (SSSR count). The maximum Gasteiger partial charge on any atom is 0.423 e. The Morgan fingerprint density at radius 1 is 1.09 bits per heavy atom. The van der Waals surface area contributed by atoms with Crippen molar-refractivity contribution in [1.29, 1.82) is 0 Å².